The molecule has 0 aliphatic carbocycles. The highest BCUT2D eigenvalue weighted by Gasteiger charge is 2.23. The van der Waals surface area contributed by atoms with Gasteiger partial charge in [0.2, 0.25) is 0 Å². The average molecular weight is 293 g/mol. The molecule has 1 aromatic heterocycles. The van der Waals surface area contributed by atoms with Crippen LogP contribution in [0.25, 0.3) is 0 Å². The fourth-order valence-corrected chi connectivity index (χ4v) is 1.95. The van der Waals surface area contributed by atoms with E-state index in [1.807, 2.05) is 39.0 Å². The molecule has 0 aliphatic heterocycles. The molecule has 21 heavy (non-hydrogen) atoms. The number of pyridine rings is 1. The molecule has 0 unspecified atom stereocenters. The van der Waals surface area contributed by atoms with E-state index in [4.69, 9.17) is 5.11 Å². The second-order valence-corrected chi connectivity index (χ2v) is 5.31. The first-order valence-electron chi connectivity index (χ1n) is 7.12. The third-order valence-corrected chi connectivity index (χ3v) is 3.05. The molecule has 0 aromatic carbocycles. The first-order valence-corrected chi connectivity index (χ1v) is 7.12. The molecule has 0 aliphatic rings. The summed E-state index contributed by atoms with van der Waals surface area (Å²) in [5.74, 6) is -0.816. The number of aromatic nitrogens is 1. The fraction of sp³-hybridized carbons (Fsp3) is 0.533. The summed E-state index contributed by atoms with van der Waals surface area (Å²) in [5.41, 5.74) is 0.769. The van der Waals surface area contributed by atoms with Crippen molar-refractivity contribution in [2.24, 2.45) is 5.92 Å². The molecular weight excluding hydrogens is 270 g/mol. The van der Waals surface area contributed by atoms with E-state index in [1.165, 1.54) is 0 Å². The molecule has 1 heterocycles. The minimum Gasteiger partial charge on any atom is -0.480 e. The first-order chi connectivity index (χ1) is 9.93. The molecule has 1 aromatic rings. The van der Waals surface area contributed by atoms with Gasteiger partial charge < -0.3 is 15.3 Å². The third-order valence-electron chi connectivity index (χ3n) is 3.05. The van der Waals surface area contributed by atoms with E-state index in [2.05, 4.69) is 10.3 Å². The second kappa shape index (κ2) is 8.24. The van der Waals surface area contributed by atoms with Crippen molar-refractivity contribution in [2.45, 2.75) is 39.8 Å². The average Bonchev–Trinajstić information content (AvgIpc) is 2.44. The number of carbonyl (C=O) groups excluding carboxylic acids is 1. The van der Waals surface area contributed by atoms with E-state index in [9.17, 15) is 9.59 Å². The van der Waals surface area contributed by atoms with Gasteiger partial charge >= 0.3 is 12.0 Å². The largest absolute Gasteiger partial charge is 0.480 e. The number of nitrogens with zero attached hydrogens (tertiary/aromatic N) is 2. The molecule has 1 atom stereocenters. The monoisotopic (exact) mass is 293 g/mol. The molecule has 0 radical (unpaired) electrons. The summed E-state index contributed by atoms with van der Waals surface area (Å²) < 4.78 is 0. The standard InChI is InChI=1S/C15H23N3O3/c1-4-18(10-12-7-5-6-8-16-12)15(21)17-13(14(19)20)9-11(2)3/h5-8,11,13H,4,9-10H2,1-3H3,(H,17,21)(H,19,20)/t13-/m1/s1. The lowest BCUT2D eigenvalue weighted by Crippen LogP contribution is -2.48. The number of carboxylic acids is 1. The van der Waals surface area contributed by atoms with Crippen molar-refractivity contribution in [3.63, 3.8) is 0 Å². The minimum absolute atomic E-state index is 0.192. The van der Waals surface area contributed by atoms with Crippen molar-refractivity contribution in [2.75, 3.05) is 6.54 Å². The Kier molecular flexibility index (Phi) is 6.65. The summed E-state index contributed by atoms with van der Waals surface area (Å²) >= 11 is 0. The Hall–Kier alpha value is -2.11. The zero-order chi connectivity index (χ0) is 15.8. The van der Waals surface area contributed by atoms with Gasteiger partial charge in [-0.1, -0.05) is 19.9 Å². The highest BCUT2D eigenvalue weighted by Crippen LogP contribution is 2.07. The van der Waals surface area contributed by atoms with Gasteiger partial charge in [0, 0.05) is 12.7 Å². The summed E-state index contributed by atoms with van der Waals surface area (Å²) in [7, 11) is 0. The first kappa shape index (κ1) is 16.9. The molecule has 116 valence electrons. The number of carboxylic acid groups (broad SMARTS) is 1. The SMILES string of the molecule is CCN(Cc1ccccn1)C(=O)N[C@H](CC(C)C)C(=O)O. The highest BCUT2D eigenvalue weighted by molar-refractivity contribution is 5.82. The maximum atomic E-state index is 12.2. The summed E-state index contributed by atoms with van der Waals surface area (Å²) in [5, 5.41) is 11.7. The molecule has 6 heteroatoms. The predicted molar refractivity (Wildman–Crippen MR) is 79.7 cm³/mol. The van der Waals surface area contributed by atoms with Crippen LogP contribution in [0.2, 0.25) is 0 Å². The lowest BCUT2D eigenvalue weighted by molar-refractivity contribution is -0.139. The van der Waals surface area contributed by atoms with Crippen molar-refractivity contribution in [3.8, 4) is 0 Å². The number of aliphatic carboxylic acids is 1. The number of hydrogen-bond acceptors (Lipinski definition) is 3. The fourth-order valence-electron chi connectivity index (χ4n) is 1.95. The molecule has 2 N–H and O–H groups in total. The Morgan fingerprint density at radius 3 is 2.57 bits per heavy atom. The highest BCUT2D eigenvalue weighted by atomic mass is 16.4. The van der Waals surface area contributed by atoms with Crippen LogP contribution in [-0.4, -0.2) is 39.6 Å². The molecule has 0 spiro atoms. The number of rotatable bonds is 7. The normalized spacial score (nSPS) is 12.0. The van der Waals surface area contributed by atoms with Gasteiger partial charge in [0.1, 0.15) is 6.04 Å². The van der Waals surface area contributed by atoms with Crippen molar-refractivity contribution in [1.29, 1.82) is 0 Å². The van der Waals surface area contributed by atoms with Crippen LogP contribution in [0, 0.1) is 5.92 Å². The van der Waals surface area contributed by atoms with Crippen molar-refractivity contribution in [1.82, 2.24) is 15.2 Å². The third kappa shape index (κ3) is 5.81. The van der Waals surface area contributed by atoms with Crippen LogP contribution >= 0.6 is 0 Å². The number of hydrogen-bond donors (Lipinski definition) is 2. The van der Waals surface area contributed by atoms with Gasteiger partial charge in [-0.05, 0) is 31.4 Å². The second-order valence-electron chi connectivity index (χ2n) is 5.31. The smallest absolute Gasteiger partial charge is 0.326 e. The molecular formula is C15H23N3O3. The van der Waals surface area contributed by atoms with Crippen LogP contribution in [0.3, 0.4) is 0 Å². The Labute approximate surface area is 125 Å². The van der Waals surface area contributed by atoms with Crippen molar-refractivity contribution >= 4 is 12.0 Å². The topological polar surface area (TPSA) is 82.5 Å². The van der Waals surface area contributed by atoms with Gasteiger partial charge in [0.05, 0.1) is 12.2 Å². The van der Waals surface area contributed by atoms with Gasteiger partial charge in [-0.15, -0.1) is 0 Å². The predicted octanol–water partition coefficient (Wildman–Crippen LogP) is 2.11. The maximum Gasteiger partial charge on any atom is 0.326 e. The van der Waals surface area contributed by atoms with Crippen LogP contribution in [-0.2, 0) is 11.3 Å². The molecule has 0 saturated carbocycles. The van der Waals surface area contributed by atoms with Gasteiger partial charge in [-0.2, -0.15) is 0 Å². The van der Waals surface area contributed by atoms with Gasteiger partial charge in [0.15, 0.2) is 0 Å². The maximum absolute atomic E-state index is 12.2. The van der Waals surface area contributed by atoms with Crippen LogP contribution in [0.4, 0.5) is 4.79 Å². The van der Waals surface area contributed by atoms with E-state index in [0.29, 0.717) is 19.5 Å². The van der Waals surface area contributed by atoms with E-state index < -0.39 is 12.0 Å². The van der Waals surface area contributed by atoms with Crippen molar-refractivity contribution < 1.29 is 14.7 Å². The Bertz CT molecular complexity index is 462. The summed E-state index contributed by atoms with van der Waals surface area (Å²) in [6.07, 6.45) is 2.07. The van der Waals surface area contributed by atoms with Crippen molar-refractivity contribution in [3.05, 3.63) is 30.1 Å². The number of carbonyl (C=O) groups is 2. The Balaban J connectivity index is 2.67. The number of amides is 2. The molecule has 6 nitrogen and oxygen atoms in total. The van der Waals surface area contributed by atoms with E-state index in [1.54, 1.807) is 11.1 Å². The Morgan fingerprint density at radius 1 is 1.38 bits per heavy atom. The molecule has 0 saturated heterocycles. The van der Waals surface area contributed by atoms with Crippen LogP contribution in [0.1, 0.15) is 32.9 Å². The van der Waals surface area contributed by atoms with Crippen LogP contribution in [0.5, 0.6) is 0 Å². The molecule has 0 fully saturated rings. The van der Waals surface area contributed by atoms with Gasteiger partial charge in [-0.3, -0.25) is 4.98 Å². The quantitative estimate of drug-likeness (QED) is 0.806. The van der Waals surface area contributed by atoms with Gasteiger partial charge in [-0.25, -0.2) is 9.59 Å². The minimum atomic E-state index is -1.01. The summed E-state index contributed by atoms with van der Waals surface area (Å²) in [6.45, 7) is 6.54. The number of nitrogens with one attached hydrogen (secondary N) is 1. The molecule has 0 bridgehead atoms. The zero-order valence-corrected chi connectivity index (χ0v) is 12.7. The van der Waals surface area contributed by atoms with Crippen LogP contribution in [0.15, 0.2) is 24.4 Å². The Morgan fingerprint density at radius 2 is 2.10 bits per heavy atom. The molecule has 1 rings (SSSR count). The van der Waals surface area contributed by atoms with E-state index in [0.717, 1.165) is 5.69 Å². The number of urea groups is 1. The lowest BCUT2D eigenvalue weighted by atomic mass is 10.0. The zero-order valence-electron chi connectivity index (χ0n) is 12.7. The van der Waals surface area contributed by atoms with Gasteiger partial charge in [0.25, 0.3) is 0 Å². The molecule has 2 amide bonds. The summed E-state index contributed by atoms with van der Waals surface area (Å²) in [6, 6.07) is 4.25. The van der Waals surface area contributed by atoms with Crippen LogP contribution < -0.4 is 5.32 Å². The summed E-state index contributed by atoms with van der Waals surface area (Å²) in [4.78, 5) is 29.1. The van der Waals surface area contributed by atoms with E-state index >= 15 is 0 Å². The van der Waals surface area contributed by atoms with E-state index in [-0.39, 0.29) is 11.9 Å². The lowest BCUT2D eigenvalue weighted by Gasteiger charge is -2.24.